The number of rotatable bonds is 4. The van der Waals surface area contributed by atoms with Gasteiger partial charge in [0, 0.05) is 17.4 Å². The zero-order valence-electron chi connectivity index (χ0n) is 12.9. The highest BCUT2D eigenvalue weighted by Gasteiger charge is 2.11. The first-order chi connectivity index (χ1) is 11.5. The number of anilines is 1. The van der Waals surface area contributed by atoms with E-state index in [-0.39, 0.29) is 11.6 Å². The number of aromatic nitrogens is 3. The predicted octanol–water partition coefficient (Wildman–Crippen LogP) is 1.93. The Morgan fingerprint density at radius 3 is 2.46 bits per heavy atom. The van der Waals surface area contributed by atoms with Gasteiger partial charge in [0.1, 0.15) is 11.5 Å². The van der Waals surface area contributed by atoms with Crippen molar-refractivity contribution in [3.63, 3.8) is 0 Å². The minimum absolute atomic E-state index is 0.265. The molecule has 2 heterocycles. The van der Waals surface area contributed by atoms with Crippen molar-refractivity contribution in [2.75, 3.05) is 5.32 Å². The van der Waals surface area contributed by atoms with Crippen molar-refractivity contribution in [2.24, 2.45) is 5.73 Å². The van der Waals surface area contributed by atoms with Crippen molar-refractivity contribution in [3.05, 3.63) is 71.9 Å². The van der Waals surface area contributed by atoms with Crippen LogP contribution in [0.15, 0.2) is 55.1 Å². The van der Waals surface area contributed by atoms with Crippen LogP contribution >= 0.6 is 0 Å². The van der Waals surface area contributed by atoms with Crippen molar-refractivity contribution < 1.29 is 9.59 Å². The molecule has 0 unspecified atom stereocenters. The second kappa shape index (κ2) is 6.33. The zero-order valence-corrected chi connectivity index (χ0v) is 12.9. The fourth-order valence-electron chi connectivity index (χ4n) is 2.19. The lowest BCUT2D eigenvalue weighted by Crippen LogP contribution is -2.16. The van der Waals surface area contributed by atoms with E-state index in [1.54, 1.807) is 41.1 Å². The van der Waals surface area contributed by atoms with Crippen molar-refractivity contribution in [1.29, 1.82) is 0 Å². The number of amides is 2. The van der Waals surface area contributed by atoms with E-state index in [1.807, 2.05) is 13.0 Å². The molecule has 3 rings (SSSR count). The van der Waals surface area contributed by atoms with Gasteiger partial charge in [0.2, 0.25) is 0 Å². The van der Waals surface area contributed by atoms with Crippen LogP contribution in [0.1, 0.15) is 26.4 Å². The number of nitrogens with two attached hydrogens (primary N) is 1. The number of hydrogen-bond donors (Lipinski definition) is 2. The molecule has 120 valence electrons. The lowest BCUT2D eigenvalue weighted by Gasteiger charge is -2.08. The summed E-state index contributed by atoms with van der Waals surface area (Å²) >= 11 is 0. The Hall–Kier alpha value is -3.48. The average Bonchev–Trinajstić information content (AvgIpc) is 3.07. The van der Waals surface area contributed by atoms with E-state index >= 15 is 0 Å². The second-order valence-electron chi connectivity index (χ2n) is 5.23. The van der Waals surface area contributed by atoms with Gasteiger partial charge in [0.15, 0.2) is 0 Å². The first-order valence-corrected chi connectivity index (χ1v) is 7.21. The topological polar surface area (TPSA) is 103 Å². The summed E-state index contributed by atoms with van der Waals surface area (Å²) in [5.41, 5.74) is 7.75. The van der Waals surface area contributed by atoms with Crippen molar-refractivity contribution >= 4 is 17.6 Å². The van der Waals surface area contributed by atoms with Crippen LogP contribution in [0.25, 0.3) is 5.69 Å². The molecule has 2 amide bonds. The Morgan fingerprint density at radius 2 is 1.83 bits per heavy atom. The third-order valence-electron chi connectivity index (χ3n) is 3.45. The number of imidazole rings is 1. The summed E-state index contributed by atoms with van der Waals surface area (Å²) in [5.74, 6) is -0.348. The molecule has 3 N–H and O–H groups in total. The Morgan fingerprint density at radius 1 is 1.08 bits per heavy atom. The predicted molar refractivity (Wildman–Crippen MR) is 89.0 cm³/mol. The van der Waals surface area contributed by atoms with Crippen LogP contribution in [0.2, 0.25) is 0 Å². The first kappa shape index (κ1) is 15.4. The number of carbonyl (C=O) groups is 2. The standard InChI is InChI=1S/C17H15N5O2/c1-11-2-7-15(20-8-11)21-17(24)12-3-5-13(6-4-12)22-10-19-9-14(22)16(18)23/h2-10H,1H3,(H2,18,23)(H,20,21,24). The molecule has 0 aliphatic carbocycles. The molecule has 0 saturated carbocycles. The smallest absolute Gasteiger partial charge is 0.267 e. The summed E-state index contributed by atoms with van der Waals surface area (Å²) in [6.07, 6.45) is 4.57. The van der Waals surface area contributed by atoms with Gasteiger partial charge < -0.3 is 11.1 Å². The minimum atomic E-state index is -0.570. The summed E-state index contributed by atoms with van der Waals surface area (Å²) in [6.45, 7) is 1.92. The van der Waals surface area contributed by atoms with Crippen molar-refractivity contribution in [1.82, 2.24) is 14.5 Å². The molecule has 24 heavy (non-hydrogen) atoms. The summed E-state index contributed by atoms with van der Waals surface area (Å²) in [5, 5.41) is 2.73. The molecule has 3 aromatic rings. The molecule has 0 aliphatic heterocycles. The van der Waals surface area contributed by atoms with Crippen molar-refractivity contribution in [3.8, 4) is 5.69 Å². The van der Waals surface area contributed by atoms with Crippen LogP contribution in [-0.4, -0.2) is 26.3 Å². The molecule has 0 aliphatic rings. The second-order valence-corrected chi connectivity index (χ2v) is 5.23. The van der Waals surface area contributed by atoms with E-state index in [0.717, 1.165) is 5.56 Å². The average molecular weight is 321 g/mol. The van der Waals surface area contributed by atoms with Crippen LogP contribution in [0, 0.1) is 6.92 Å². The third-order valence-corrected chi connectivity index (χ3v) is 3.45. The zero-order chi connectivity index (χ0) is 17.1. The number of nitrogens with zero attached hydrogens (tertiary/aromatic N) is 3. The van der Waals surface area contributed by atoms with Gasteiger partial charge in [-0.2, -0.15) is 0 Å². The van der Waals surface area contributed by atoms with Gasteiger partial charge >= 0.3 is 0 Å². The molecule has 1 aromatic carbocycles. The van der Waals surface area contributed by atoms with E-state index in [9.17, 15) is 9.59 Å². The molecule has 7 heteroatoms. The molecule has 0 bridgehead atoms. The molecular weight excluding hydrogens is 306 g/mol. The van der Waals surface area contributed by atoms with Crippen molar-refractivity contribution in [2.45, 2.75) is 6.92 Å². The highest BCUT2D eigenvalue weighted by molar-refractivity contribution is 6.03. The molecule has 2 aromatic heterocycles. The number of pyridine rings is 1. The van der Waals surface area contributed by atoms with E-state index in [2.05, 4.69) is 15.3 Å². The van der Waals surface area contributed by atoms with Gasteiger partial charge in [0.05, 0.1) is 12.5 Å². The minimum Gasteiger partial charge on any atom is -0.364 e. The van der Waals surface area contributed by atoms with Gasteiger partial charge in [0.25, 0.3) is 11.8 Å². The molecule has 0 saturated heterocycles. The third kappa shape index (κ3) is 3.14. The Bertz CT molecular complexity index is 882. The quantitative estimate of drug-likeness (QED) is 0.766. The van der Waals surface area contributed by atoms with E-state index in [1.165, 1.54) is 12.5 Å². The van der Waals surface area contributed by atoms with Crippen LogP contribution in [0.5, 0.6) is 0 Å². The molecular formula is C17H15N5O2. The van der Waals surface area contributed by atoms with Crippen LogP contribution in [0.3, 0.4) is 0 Å². The van der Waals surface area contributed by atoms with Gasteiger partial charge in [-0.3, -0.25) is 14.2 Å². The van der Waals surface area contributed by atoms with E-state index in [4.69, 9.17) is 5.73 Å². The number of hydrogen-bond acceptors (Lipinski definition) is 4. The van der Waals surface area contributed by atoms with E-state index < -0.39 is 5.91 Å². The summed E-state index contributed by atoms with van der Waals surface area (Å²) in [7, 11) is 0. The maximum atomic E-state index is 12.2. The number of nitrogens with one attached hydrogen (secondary N) is 1. The lowest BCUT2D eigenvalue weighted by molar-refractivity contribution is 0.0991. The first-order valence-electron chi connectivity index (χ1n) is 7.21. The van der Waals surface area contributed by atoms with Gasteiger partial charge in [-0.05, 0) is 42.8 Å². The molecule has 0 fully saturated rings. The van der Waals surface area contributed by atoms with E-state index in [0.29, 0.717) is 17.1 Å². The Labute approximate surface area is 138 Å². The summed E-state index contributed by atoms with van der Waals surface area (Å²) in [6, 6.07) is 10.4. The van der Waals surface area contributed by atoms with Gasteiger partial charge in [-0.25, -0.2) is 9.97 Å². The fourth-order valence-corrected chi connectivity index (χ4v) is 2.19. The van der Waals surface area contributed by atoms with Crippen LogP contribution < -0.4 is 11.1 Å². The lowest BCUT2D eigenvalue weighted by atomic mass is 10.2. The normalized spacial score (nSPS) is 10.4. The SMILES string of the molecule is Cc1ccc(NC(=O)c2ccc(-n3cncc3C(N)=O)cc2)nc1. The molecule has 0 radical (unpaired) electrons. The fraction of sp³-hybridized carbons (Fsp3) is 0.0588. The Balaban J connectivity index is 1.79. The highest BCUT2D eigenvalue weighted by Crippen LogP contribution is 2.14. The molecule has 0 atom stereocenters. The number of aryl methyl sites for hydroxylation is 1. The summed E-state index contributed by atoms with van der Waals surface area (Å²) in [4.78, 5) is 31.6. The maximum absolute atomic E-state index is 12.2. The highest BCUT2D eigenvalue weighted by atomic mass is 16.2. The van der Waals surface area contributed by atoms with Gasteiger partial charge in [-0.1, -0.05) is 6.07 Å². The largest absolute Gasteiger partial charge is 0.364 e. The Kier molecular flexibility index (Phi) is 4.07. The summed E-state index contributed by atoms with van der Waals surface area (Å²) < 4.78 is 1.56. The van der Waals surface area contributed by atoms with Crippen LogP contribution in [0.4, 0.5) is 5.82 Å². The maximum Gasteiger partial charge on any atom is 0.267 e. The van der Waals surface area contributed by atoms with Gasteiger partial charge in [-0.15, -0.1) is 0 Å². The number of benzene rings is 1. The molecule has 0 spiro atoms. The van der Waals surface area contributed by atoms with Crippen LogP contribution in [-0.2, 0) is 0 Å². The number of primary amides is 1. The monoisotopic (exact) mass is 321 g/mol. The number of carbonyl (C=O) groups excluding carboxylic acids is 2. The molecule has 7 nitrogen and oxygen atoms in total.